The molecular weight excluding hydrogens is 502 g/mol. The van der Waals surface area contributed by atoms with Crippen molar-refractivity contribution in [2.45, 2.75) is 63.5 Å². The van der Waals surface area contributed by atoms with Crippen molar-refractivity contribution < 1.29 is 31.0 Å². The second kappa shape index (κ2) is 11.5. The summed E-state index contributed by atoms with van der Waals surface area (Å²) in [4.78, 5) is 20.8. The Morgan fingerprint density at radius 2 is 1.77 bits per heavy atom. The summed E-state index contributed by atoms with van der Waals surface area (Å²) in [6.07, 6.45) is 9.98. The van der Waals surface area contributed by atoms with E-state index >= 15 is 0 Å². The molecule has 0 N–H and O–H groups in total. The van der Waals surface area contributed by atoms with E-state index in [1.165, 1.54) is 38.0 Å². The number of pyridine rings is 1. The molecule has 4 saturated heterocycles. The second-order valence-corrected chi connectivity index (χ2v) is 10.9. The standard InChI is InChI=1S/C29H40N3O2.BrH/c1-29(25-11-4-2-5-12-25,31-18-8-3-9-19-31)28(33)34-27-23-32(21-15-24(27)16-22-32)20-10-14-26-13-6-7-17-30-26;/h2,4-7,11-13,17,24,27H,3,8-10,14-16,18-23H2,1H3;1H/q+1;/p-1/t24?,27-,29-,32?;/m0./s1. The van der Waals surface area contributed by atoms with Crippen LogP contribution in [0.5, 0.6) is 0 Å². The van der Waals surface area contributed by atoms with Crippen LogP contribution in [-0.4, -0.2) is 65.7 Å². The predicted octanol–water partition coefficient (Wildman–Crippen LogP) is 1.57. The normalized spacial score (nSPS) is 28.0. The fraction of sp³-hybridized carbons (Fsp3) is 0.586. The van der Waals surface area contributed by atoms with Gasteiger partial charge in [-0.3, -0.25) is 9.88 Å². The lowest BCUT2D eigenvalue weighted by molar-refractivity contribution is -0.946. The molecule has 4 aliphatic rings. The fourth-order valence-corrected chi connectivity index (χ4v) is 6.60. The Kier molecular flexibility index (Phi) is 8.67. The number of aryl methyl sites for hydroxylation is 1. The highest BCUT2D eigenvalue weighted by molar-refractivity contribution is 5.82. The van der Waals surface area contributed by atoms with Crippen LogP contribution < -0.4 is 17.0 Å². The highest BCUT2D eigenvalue weighted by atomic mass is 79.9. The van der Waals surface area contributed by atoms with Gasteiger partial charge in [-0.05, 0) is 57.0 Å². The minimum absolute atomic E-state index is 0. The zero-order chi connectivity index (χ0) is 23.4. The summed E-state index contributed by atoms with van der Waals surface area (Å²) in [5, 5.41) is 0. The third-order valence-corrected chi connectivity index (χ3v) is 8.81. The Morgan fingerprint density at radius 1 is 1.06 bits per heavy atom. The van der Waals surface area contributed by atoms with Crippen LogP contribution in [0, 0.1) is 5.92 Å². The highest BCUT2D eigenvalue weighted by Gasteiger charge is 2.50. The molecule has 0 aliphatic carbocycles. The Morgan fingerprint density at radius 3 is 2.46 bits per heavy atom. The minimum Gasteiger partial charge on any atom is -1.00 e. The number of piperidine rings is 4. The number of hydrogen-bond donors (Lipinski definition) is 0. The number of esters is 1. The van der Waals surface area contributed by atoms with E-state index in [4.69, 9.17) is 4.74 Å². The number of aromatic nitrogens is 1. The fourth-order valence-electron chi connectivity index (χ4n) is 6.60. The van der Waals surface area contributed by atoms with E-state index in [-0.39, 0.29) is 29.1 Å². The number of likely N-dealkylation sites (tertiary alicyclic amines) is 1. The number of fused-ring (bicyclic) bond motifs is 3. The summed E-state index contributed by atoms with van der Waals surface area (Å²) in [5.41, 5.74) is 1.52. The number of carbonyl (C=O) groups excluding carboxylic acids is 1. The zero-order valence-electron chi connectivity index (χ0n) is 21.1. The third kappa shape index (κ3) is 5.65. The SMILES string of the molecule is C[C@@](C(=O)O[C@H]1C[N+]2(CCCc3ccccn3)CCC1CC2)(c1ccccc1)N1CCCCC1.[Br-]. The maximum atomic E-state index is 13.9. The first-order chi connectivity index (χ1) is 16.6. The van der Waals surface area contributed by atoms with Crippen molar-refractivity contribution in [3.05, 3.63) is 66.0 Å². The maximum absolute atomic E-state index is 13.9. The van der Waals surface area contributed by atoms with Crippen LogP contribution in [0.4, 0.5) is 0 Å². The van der Waals surface area contributed by atoms with Gasteiger partial charge in [-0.15, -0.1) is 0 Å². The van der Waals surface area contributed by atoms with Crippen LogP contribution in [0.2, 0.25) is 0 Å². The Bertz CT molecular complexity index is 943. The molecule has 0 amide bonds. The second-order valence-electron chi connectivity index (χ2n) is 10.9. The maximum Gasteiger partial charge on any atom is 0.331 e. The largest absolute Gasteiger partial charge is 1.00 e. The molecule has 4 fully saturated rings. The van der Waals surface area contributed by atoms with Crippen molar-refractivity contribution in [3.8, 4) is 0 Å². The first-order valence-electron chi connectivity index (χ1n) is 13.4. The van der Waals surface area contributed by atoms with Crippen molar-refractivity contribution in [2.75, 3.05) is 39.3 Å². The first kappa shape index (κ1) is 26.3. The van der Waals surface area contributed by atoms with E-state index in [1.807, 2.05) is 30.5 Å². The van der Waals surface area contributed by atoms with Gasteiger partial charge in [-0.2, -0.15) is 0 Å². The molecule has 2 bridgehead atoms. The molecule has 4 aliphatic heterocycles. The van der Waals surface area contributed by atoms with Crippen molar-refractivity contribution in [1.29, 1.82) is 0 Å². The van der Waals surface area contributed by atoms with Gasteiger partial charge >= 0.3 is 5.97 Å². The Labute approximate surface area is 221 Å². The van der Waals surface area contributed by atoms with Crippen LogP contribution in [0.3, 0.4) is 0 Å². The van der Waals surface area contributed by atoms with Crippen LogP contribution in [0.25, 0.3) is 0 Å². The summed E-state index contributed by atoms with van der Waals surface area (Å²) in [7, 11) is 0. The predicted molar refractivity (Wildman–Crippen MR) is 134 cm³/mol. The van der Waals surface area contributed by atoms with Crippen LogP contribution in [0.1, 0.15) is 56.7 Å². The summed E-state index contributed by atoms with van der Waals surface area (Å²) >= 11 is 0. The smallest absolute Gasteiger partial charge is 0.331 e. The molecule has 5 heterocycles. The summed E-state index contributed by atoms with van der Waals surface area (Å²) < 4.78 is 7.58. The molecule has 2 aromatic rings. The summed E-state index contributed by atoms with van der Waals surface area (Å²) in [5.74, 6) is 0.465. The lowest BCUT2D eigenvalue weighted by atomic mass is 9.82. The molecule has 5 nitrogen and oxygen atoms in total. The molecule has 0 spiro atoms. The minimum atomic E-state index is -0.711. The van der Waals surface area contributed by atoms with Crippen LogP contribution in [-0.2, 0) is 21.5 Å². The van der Waals surface area contributed by atoms with E-state index in [0.717, 1.165) is 61.9 Å². The molecule has 0 radical (unpaired) electrons. The average molecular weight is 543 g/mol. The molecule has 0 saturated carbocycles. The third-order valence-electron chi connectivity index (χ3n) is 8.81. The van der Waals surface area contributed by atoms with Gasteiger partial charge in [0.25, 0.3) is 0 Å². The number of ether oxygens (including phenoxy) is 1. The van der Waals surface area contributed by atoms with Gasteiger partial charge in [0.15, 0.2) is 6.10 Å². The average Bonchev–Trinajstić information content (AvgIpc) is 2.90. The van der Waals surface area contributed by atoms with E-state index in [2.05, 4.69) is 41.1 Å². The van der Waals surface area contributed by atoms with Crippen molar-refractivity contribution in [2.24, 2.45) is 5.92 Å². The van der Waals surface area contributed by atoms with Gasteiger partial charge in [0.1, 0.15) is 12.1 Å². The van der Waals surface area contributed by atoms with Crippen molar-refractivity contribution in [1.82, 2.24) is 9.88 Å². The lowest BCUT2D eigenvalue weighted by Gasteiger charge is -2.53. The van der Waals surface area contributed by atoms with E-state index in [9.17, 15) is 4.79 Å². The number of quaternary nitrogens is 1. The number of hydrogen-bond acceptors (Lipinski definition) is 4. The first-order valence-corrected chi connectivity index (χ1v) is 13.4. The molecule has 2 atom stereocenters. The summed E-state index contributed by atoms with van der Waals surface area (Å²) in [6, 6.07) is 16.5. The van der Waals surface area contributed by atoms with Crippen LogP contribution >= 0.6 is 0 Å². The van der Waals surface area contributed by atoms with Gasteiger partial charge in [-0.25, -0.2) is 4.79 Å². The van der Waals surface area contributed by atoms with E-state index < -0.39 is 5.54 Å². The summed E-state index contributed by atoms with van der Waals surface area (Å²) in [6.45, 7) is 8.59. The molecule has 190 valence electrons. The molecule has 1 aromatic heterocycles. The Balaban J connectivity index is 0.00000289. The monoisotopic (exact) mass is 541 g/mol. The van der Waals surface area contributed by atoms with Gasteiger partial charge in [0, 0.05) is 37.1 Å². The van der Waals surface area contributed by atoms with E-state index in [0.29, 0.717) is 5.92 Å². The van der Waals surface area contributed by atoms with Crippen LogP contribution in [0.15, 0.2) is 54.7 Å². The molecular formula is C29H40BrN3O2. The highest BCUT2D eigenvalue weighted by Crippen LogP contribution is 2.39. The number of halogens is 1. The quantitative estimate of drug-likeness (QED) is 0.376. The van der Waals surface area contributed by atoms with Gasteiger partial charge in [-0.1, -0.05) is 42.8 Å². The van der Waals surface area contributed by atoms with Crippen molar-refractivity contribution >= 4 is 5.97 Å². The zero-order valence-corrected chi connectivity index (χ0v) is 22.7. The lowest BCUT2D eigenvalue weighted by Crippen LogP contribution is -3.00. The van der Waals surface area contributed by atoms with E-state index in [1.54, 1.807) is 0 Å². The Hall–Kier alpha value is -1.76. The topological polar surface area (TPSA) is 42.4 Å². The molecule has 1 aromatic carbocycles. The molecule has 0 unspecified atom stereocenters. The van der Waals surface area contributed by atoms with Gasteiger partial charge < -0.3 is 26.2 Å². The number of nitrogens with zero attached hydrogens (tertiary/aromatic N) is 3. The van der Waals surface area contributed by atoms with Crippen molar-refractivity contribution in [3.63, 3.8) is 0 Å². The van der Waals surface area contributed by atoms with Gasteiger partial charge in [0.2, 0.25) is 0 Å². The van der Waals surface area contributed by atoms with Gasteiger partial charge in [0.05, 0.1) is 19.6 Å². The molecule has 6 heteroatoms. The number of rotatable bonds is 8. The number of carbonyl (C=O) groups is 1. The number of benzene rings is 1. The molecule has 35 heavy (non-hydrogen) atoms. The molecule has 6 rings (SSSR count).